The molecule has 3 unspecified atom stereocenters. The fourth-order valence-corrected chi connectivity index (χ4v) is 2.63. The van der Waals surface area contributed by atoms with Gasteiger partial charge in [0.05, 0.1) is 12.0 Å². The van der Waals surface area contributed by atoms with E-state index in [0.717, 1.165) is 0 Å². The van der Waals surface area contributed by atoms with Crippen LogP contribution in [-0.4, -0.2) is 36.2 Å². The highest BCUT2D eigenvalue weighted by atomic mass is 19.1. The minimum atomic E-state index is -1.05. The van der Waals surface area contributed by atoms with Crippen molar-refractivity contribution in [2.45, 2.75) is 31.8 Å². The molecule has 2 rings (SSSR count). The third kappa shape index (κ3) is 4.27. The Morgan fingerprint density at radius 1 is 1.41 bits per heavy atom. The summed E-state index contributed by atoms with van der Waals surface area (Å²) in [6.45, 7) is 2.45. The van der Waals surface area contributed by atoms with E-state index in [1.54, 1.807) is 0 Å². The molecule has 1 aromatic carbocycles. The van der Waals surface area contributed by atoms with Gasteiger partial charge in [-0.3, -0.25) is 9.59 Å². The fraction of sp³-hybridized carbons (Fsp3) is 0.500. The van der Waals surface area contributed by atoms with E-state index in [1.807, 2.05) is 6.92 Å². The number of benzene rings is 1. The number of carboxylic acid groups (broad SMARTS) is 1. The molecule has 0 spiro atoms. The zero-order valence-corrected chi connectivity index (χ0v) is 12.4. The van der Waals surface area contributed by atoms with Gasteiger partial charge >= 0.3 is 5.97 Å². The molecule has 22 heavy (non-hydrogen) atoms. The second-order valence-corrected chi connectivity index (χ2v) is 5.59. The van der Waals surface area contributed by atoms with Gasteiger partial charge in [0.2, 0.25) is 5.91 Å². The van der Waals surface area contributed by atoms with Gasteiger partial charge in [0.1, 0.15) is 5.82 Å². The predicted molar refractivity (Wildman–Crippen MR) is 77.9 cm³/mol. The van der Waals surface area contributed by atoms with Gasteiger partial charge in [-0.2, -0.15) is 0 Å². The molecule has 2 N–H and O–H groups in total. The summed E-state index contributed by atoms with van der Waals surface area (Å²) in [7, 11) is 0. The zero-order valence-electron chi connectivity index (χ0n) is 12.4. The van der Waals surface area contributed by atoms with Gasteiger partial charge in [0.15, 0.2) is 0 Å². The molecule has 120 valence electrons. The molecule has 1 heterocycles. The van der Waals surface area contributed by atoms with Crippen molar-refractivity contribution in [3.8, 4) is 0 Å². The first-order chi connectivity index (χ1) is 10.5. The van der Waals surface area contributed by atoms with Gasteiger partial charge in [0, 0.05) is 19.1 Å². The number of amides is 1. The van der Waals surface area contributed by atoms with Gasteiger partial charge < -0.3 is 15.2 Å². The Labute approximate surface area is 128 Å². The van der Waals surface area contributed by atoms with Crippen LogP contribution < -0.4 is 5.32 Å². The van der Waals surface area contributed by atoms with Crippen LogP contribution in [0.25, 0.3) is 0 Å². The number of halogens is 1. The van der Waals surface area contributed by atoms with Gasteiger partial charge in [-0.15, -0.1) is 0 Å². The van der Waals surface area contributed by atoms with Crippen LogP contribution in [0, 0.1) is 11.7 Å². The fourth-order valence-electron chi connectivity index (χ4n) is 2.63. The SMILES string of the molecule is CC1CC(C(=O)NCC(C(=O)O)c2ccc(F)cc2)CCO1. The van der Waals surface area contributed by atoms with Crippen molar-refractivity contribution < 1.29 is 23.8 Å². The Morgan fingerprint density at radius 2 is 2.09 bits per heavy atom. The van der Waals surface area contributed by atoms with Crippen molar-refractivity contribution in [3.05, 3.63) is 35.6 Å². The molecule has 1 aromatic rings. The molecule has 5 nitrogen and oxygen atoms in total. The quantitative estimate of drug-likeness (QED) is 0.871. The molecule has 1 saturated heterocycles. The van der Waals surface area contributed by atoms with E-state index in [4.69, 9.17) is 4.74 Å². The summed E-state index contributed by atoms with van der Waals surface area (Å²) < 4.78 is 18.3. The summed E-state index contributed by atoms with van der Waals surface area (Å²) >= 11 is 0. The summed E-state index contributed by atoms with van der Waals surface area (Å²) in [5.41, 5.74) is 0.467. The van der Waals surface area contributed by atoms with Crippen LogP contribution in [-0.2, 0) is 14.3 Å². The van der Waals surface area contributed by atoms with Crippen LogP contribution in [0.3, 0.4) is 0 Å². The number of hydrogen-bond acceptors (Lipinski definition) is 3. The first kappa shape index (κ1) is 16.4. The highest BCUT2D eigenvalue weighted by Gasteiger charge is 2.27. The standard InChI is InChI=1S/C16H20FNO4/c1-10-8-12(6-7-22-10)15(19)18-9-14(16(20)21)11-2-4-13(17)5-3-11/h2-5,10,12,14H,6-9H2,1H3,(H,18,19)(H,20,21). The zero-order chi connectivity index (χ0) is 16.1. The van der Waals surface area contributed by atoms with Gasteiger partial charge in [-0.1, -0.05) is 12.1 Å². The summed E-state index contributed by atoms with van der Waals surface area (Å²) in [6.07, 6.45) is 1.32. The van der Waals surface area contributed by atoms with E-state index in [2.05, 4.69) is 5.32 Å². The molecule has 1 aliphatic rings. The van der Waals surface area contributed by atoms with Crippen LogP contribution in [0.5, 0.6) is 0 Å². The maximum absolute atomic E-state index is 12.9. The van der Waals surface area contributed by atoms with E-state index in [9.17, 15) is 19.1 Å². The van der Waals surface area contributed by atoms with E-state index in [1.165, 1.54) is 24.3 Å². The van der Waals surface area contributed by atoms with Crippen molar-refractivity contribution >= 4 is 11.9 Å². The lowest BCUT2D eigenvalue weighted by atomic mass is 9.94. The van der Waals surface area contributed by atoms with Crippen LogP contribution >= 0.6 is 0 Å². The second kappa shape index (κ2) is 7.35. The van der Waals surface area contributed by atoms with Crippen molar-refractivity contribution in [2.24, 2.45) is 5.92 Å². The lowest BCUT2D eigenvalue weighted by Crippen LogP contribution is -2.39. The normalized spacial score (nSPS) is 22.8. The summed E-state index contributed by atoms with van der Waals surface area (Å²) in [5.74, 6) is -2.66. The van der Waals surface area contributed by atoms with Crippen molar-refractivity contribution in [3.63, 3.8) is 0 Å². The molecule has 0 bridgehead atoms. The summed E-state index contributed by atoms with van der Waals surface area (Å²) in [4.78, 5) is 23.5. The molecule has 0 aromatic heterocycles. The number of carboxylic acids is 1. The molecule has 0 aliphatic carbocycles. The number of ether oxygens (including phenoxy) is 1. The average Bonchev–Trinajstić information content (AvgIpc) is 2.48. The number of aliphatic carboxylic acids is 1. The average molecular weight is 309 g/mol. The van der Waals surface area contributed by atoms with Gasteiger partial charge in [-0.05, 0) is 37.5 Å². The minimum absolute atomic E-state index is 0.00840. The molecule has 1 fully saturated rings. The molecule has 1 aliphatic heterocycles. The predicted octanol–water partition coefficient (Wildman–Crippen LogP) is 1.93. The largest absolute Gasteiger partial charge is 0.481 e. The third-order valence-electron chi connectivity index (χ3n) is 3.91. The van der Waals surface area contributed by atoms with Crippen LogP contribution in [0.2, 0.25) is 0 Å². The van der Waals surface area contributed by atoms with E-state index >= 15 is 0 Å². The van der Waals surface area contributed by atoms with Crippen molar-refractivity contribution in [2.75, 3.05) is 13.2 Å². The second-order valence-electron chi connectivity index (χ2n) is 5.59. The Hall–Kier alpha value is -1.95. The Morgan fingerprint density at radius 3 is 2.68 bits per heavy atom. The summed E-state index contributed by atoms with van der Waals surface area (Å²) in [6, 6.07) is 5.29. The number of rotatable bonds is 5. The summed E-state index contributed by atoms with van der Waals surface area (Å²) in [5, 5.41) is 12.0. The molecular formula is C16H20FNO4. The number of carbonyl (C=O) groups is 2. The maximum atomic E-state index is 12.9. The lowest BCUT2D eigenvalue weighted by Gasteiger charge is -2.26. The Kier molecular flexibility index (Phi) is 5.49. The smallest absolute Gasteiger partial charge is 0.312 e. The molecule has 1 amide bonds. The third-order valence-corrected chi connectivity index (χ3v) is 3.91. The molecular weight excluding hydrogens is 289 g/mol. The first-order valence-electron chi connectivity index (χ1n) is 7.35. The van der Waals surface area contributed by atoms with Crippen molar-refractivity contribution in [1.82, 2.24) is 5.32 Å². The number of nitrogens with one attached hydrogen (secondary N) is 1. The topological polar surface area (TPSA) is 75.6 Å². The number of carbonyl (C=O) groups excluding carboxylic acids is 1. The highest BCUT2D eigenvalue weighted by molar-refractivity contribution is 5.81. The van der Waals surface area contributed by atoms with Gasteiger partial charge in [0.25, 0.3) is 0 Å². The highest BCUT2D eigenvalue weighted by Crippen LogP contribution is 2.21. The first-order valence-corrected chi connectivity index (χ1v) is 7.35. The molecule has 6 heteroatoms. The maximum Gasteiger partial charge on any atom is 0.312 e. The van der Waals surface area contributed by atoms with E-state index < -0.39 is 17.7 Å². The lowest BCUT2D eigenvalue weighted by molar-refractivity contribution is -0.139. The molecule has 0 saturated carbocycles. The van der Waals surface area contributed by atoms with Crippen molar-refractivity contribution in [1.29, 1.82) is 0 Å². The number of hydrogen-bond donors (Lipinski definition) is 2. The van der Waals surface area contributed by atoms with Crippen LogP contribution in [0.4, 0.5) is 4.39 Å². The van der Waals surface area contributed by atoms with E-state index in [-0.39, 0.29) is 24.5 Å². The Bertz CT molecular complexity index is 531. The monoisotopic (exact) mass is 309 g/mol. The van der Waals surface area contributed by atoms with Gasteiger partial charge in [-0.25, -0.2) is 4.39 Å². The molecule has 0 radical (unpaired) electrons. The van der Waals surface area contributed by atoms with E-state index in [0.29, 0.717) is 25.0 Å². The minimum Gasteiger partial charge on any atom is -0.481 e. The van der Waals surface area contributed by atoms with Crippen LogP contribution in [0.1, 0.15) is 31.2 Å². The molecule has 3 atom stereocenters. The van der Waals surface area contributed by atoms with Crippen LogP contribution in [0.15, 0.2) is 24.3 Å². The Balaban J connectivity index is 1.95.